The molecule has 3 aromatic rings. The van der Waals surface area contributed by atoms with Gasteiger partial charge in [0.2, 0.25) is 6.29 Å². The zero-order chi connectivity index (χ0) is 21.4. The molecule has 2 aromatic carbocycles. The maximum Gasteiger partial charge on any atom is 0.229 e. The van der Waals surface area contributed by atoms with Crippen molar-refractivity contribution in [1.82, 2.24) is 0 Å². The van der Waals surface area contributed by atoms with Crippen molar-refractivity contribution < 1.29 is 39.4 Å². The van der Waals surface area contributed by atoms with Gasteiger partial charge in [0.1, 0.15) is 52.6 Å². The maximum atomic E-state index is 12.8. The molecule has 1 aromatic heterocycles. The monoisotopic (exact) mass is 416 g/mol. The molecular weight excluding hydrogens is 396 g/mol. The zero-order valence-corrected chi connectivity index (χ0v) is 15.6. The summed E-state index contributed by atoms with van der Waals surface area (Å²) < 4.78 is 16.6. The summed E-state index contributed by atoms with van der Waals surface area (Å²) in [6, 6.07) is 12.6. The van der Waals surface area contributed by atoms with Gasteiger partial charge in [0.15, 0.2) is 5.43 Å². The third kappa shape index (κ3) is 3.64. The molecule has 0 amide bonds. The fourth-order valence-corrected chi connectivity index (χ4v) is 3.37. The van der Waals surface area contributed by atoms with Crippen LogP contribution in [0.1, 0.15) is 0 Å². The lowest BCUT2D eigenvalue weighted by molar-refractivity contribution is -0.277. The van der Waals surface area contributed by atoms with E-state index in [-0.39, 0.29) is 28.2 Å². The van der Waals surface area contributed by atoms with Crippen LogP contribution in [0, 0.1) is 0 Å². The first-order valence-corrected chi connectivity index (χ1v) is 9.22. The molecule has 9 nitrogen and oxygen atoms in total. The average Bonchev–Trinajstić information content (AvgIpc) is 2.74. The second-order valence-corrected chi connectivity index (χ2v) is 6.97. The van der Waals surface area contributed by atoms with Gasteiger partial charge in [-0.3, -0.25) is 4.79 Å². The molecule has 5 atom stereocenters. The van der Waals surface area contributed by atoms with Crippen LogP contribution in [-0.4, -0.2) is 62.8 Å². The smallest absolute Gasteiger partial charge is 0.229 e. The molecule has 4 rings (SSSR count). The Balaban J connectivity index is 1.75. The first-order valence-electron chi connectivity index (χ1n) is 9.22. The molecule has 0 saturated carbocycles. The highest BCUT2D eigenvalue weighted by Crippen LogP contribution is 2.33. The average molecular weight is 416 g/mol. The molecule has 1 fully saturated rings. The summed E-state index contributed by atoms with van der Waals surface area (Å²) >= 11 is 0. The fraction of sp³-hybridized carbons (Fsp3) is 0.286. The van der Waals surface area contributed by atoms with Gasteiger partial charge < -0.3 is 39.4 Å². The number of phenols is 1. The highest BCUT2D eigenvalue weighted by molar-refractivity contribution is 5.86. The van der Waals surface area contributed by atoms with Gasteiger partial charge in [-0.15, -0.1) is 0 Å². The summed E-state index contributed by atoms with van der Waals surface area (Å²) in [5.74, 6) is -0.129. The Morgan fingerprint density at radius 3 is 2.40 bits per heavy atom. The van der Waals surface area contributed by atoms with E-state index < -0.39 is 42.7 Å². The highest BCUT2D eigenvalue weighted by atomic mass is 16.7. The van der Waals surface area contributed by atoms with Gasteiger partial charge >= 0.3 is 0 Å². The van der Waals surface area contributed by atoms with E-state index in [0.29, 0.717) is 5.56 Å². The number of aliphatic hydroxyl groups excluding tert-OH is 4. The highest BCUT2D eigenvalue weighted by Gasteiger charge is 2.45. The molecule has 158 valence electrons. The topological polar surface area (TPSA) is 150 Å². The van der Waals surface area contributed by atoms with Crippen LogP contribution in [0.25, 0.3) is 22.3 Å². The second-order valence-electron chi connectivity index (χ2n) is 6.97. The molecule has 0 spiro atoms. The third-order valence-corrected chi connectivity index (χ3v) is 4.93. The Morgan fingerprint density at radius 1 is 0.967 bits per heavy atom. The van der Waals surface area contributed by atoms with Gasteiger partial charge in [-0.05, 0) is 0 Å². The molecule has 1 aliphatic heterocycles. The minimum absolute atomic E-state index is 0.00978. The zero-order valence-electron chi connectivity index (χ0n) is 15.6. The normalized spacial score (nSPS) is 26.6. The third-order valence-electron chi connectivity index (χ3n) is 4.93. The standard InChI is InChI=1S/C21H20O9/c22-9-16-18(25)19(26)20(27)21(30-16)29-15-7-11(23)6-14-17(15)12(24)8-13(28-14)10-4-2-1-3-5-10/h1-8,16,18-23,25-27H,9H2/t16-,18-,19+,20-,21+/m1/s1. The first kappa shape index (κ1) is 20.3. The molecule has 30 heavy (non-hydrogen) atoms. The predicted molar refractivity (Wildman–Crippen MR) is 104 cm³/mol. The van der Waals surface area contributed by atoms with Crippen molar-refractivity contribution >= 4 is 11.0 Å². The van der Waals surface area contributed by atoms with Crippen molar-refractivity contribution in [3.05, 3.63) is 58.8 Å². The number of ether oxygens (including phenoxy) is 2. The van der Waals surface area contributed by atoms with Crippen LogP contribution in [0.15, 0.2) is 57.7 Å². The Bertz CT molecular complexity index is 1090. The van der Waals surface area contributed by atoms with Crippen molar-refractivity contribution in [2.75, 3.05) is 6.61 Å². The van der Waals surface area contributed by atoms with Gasteiger partial charge in [0.25, 0.3) is 0 Å². The van der Waals surface area contributed by atoms with E-state index in [1.807, 2.05) is 6.07 Å². The van der Waals surface area contributed by atoms with Gasteiger partial charge in [-0.25, -0.2) is 0 Å². The Kier molecular flexibility index (Phi) is 5.46. The summed E-state index contributed by atoms with van der Waals surface area (Å²) in [5, 5.41) is 49.4. The number of fused-ring (bicyclic) bond motifs is 1. The van der Waals surface area contributed by atoms with Crippen molar-refractivity contribution in [2.45, 2.75) is 30.7 Å². The number of hydrogen-bond acceptors (Lipinski definition) is 9. The lowest BCUT2D eigenvalue weighted by Gasteiger charge is -2.39. The largest absolute Gasteiger partial charge is 0.508 e. The predicted octanol–water partition coefficient (Wildman–Crippen LogP) is 0.344. The molecule has 0 radical (unpaired) electrons. The van der Waals surface area contributed by atoms with E-state index in [2.05, 4.69) is 0 Å². The molecule has 1 aliphatic rings. The Hall–Kier alpha value is -2.95. The van der Waals surface area contributed by atoms with Gasteiger partial charge in [0.05, 0.1) is 6.61 Å². The molecule has 0 aliphatic carbocycles. The van der Waals surface area contributed by atoms with Crippen LogP contribution in [0.5, 0.6) is 11.5 Å². The molecule has 1 saturated heterocycles. The van der Waals surface area contributed by atoms with Crippen molar-refractivity contribution in [1.29, 1.82) is 0 Å². The van der Waals surface area contributed by atoms with Crippen molar-refractivity contribution in [3.63, 3.8) is 0 Å². The number of rotatable bonds is 4. The van der Waals surface area contributed by atoms with Crippen LogP contribution in [0.3, 0.4) is 0 Å². The van der Waals surface area contributed by atoms with Crippen LogP contribution < -0.4 is 10.2 Å². The molecule has 2 heterocycles. The van der Waals surface area contributed by atoms with Crippen LogP contribution in [-0.2, 0) is 4.74 Å². The number of benzene rings is 2. The van der Waals surface area contributed by atoms with E-state index in [1.165, 1.54) is 12.1 Å². The van der Waals surface area contributed by atoms with Gasteiger partial charge in [-0.2, -0.15) is 0 Å². The van der Waals surface area contributed by atoms with E-state index in [4.69, 9.17) is 13.9 Å². The van der Waals surface area contributed by atoms with Gasteiger partial charge in [-0.1, -0.05) is 30.3 Å². The summed E-state index contributed by atoms with van der Waals surface area (Å²) in [4.78, 5) is 12.8. The lowest BCUT2D eigenvalue weighted by atomic mass is 9.99. The van der Waals surface area contributed by atoms with Crippen LogP contribution in [0.4, 0.5) is 0 Å². The minimum atomic E-state index is -1.67. The SMILES string of the molecule is O=c1cc(-c2ccccc2)oc2cc(O)cc(O[C@H]3O[C@H](CO)[C@@H](O)[C@H](O)[C@H]3O)c12. The van der Waals surface area contributed by atoms with E-state index in [1.54, 1.807) is 24.3 Å². The Labute approximate surface area is 170 Å². The van der Waals surface area contributed by atoms with Gasteiger partial charge in [0, 0.05) is 23.8 Å². The quantitative estimate of drug-likeness (QED) is 0.406. The Morgan fingerprint density at radius 2 is 1.70 bits per heavy atom. The van der Waals surface area contributed by atoms with Crippen molar-refractivity contribution in [2.24, 2.45) is 0 Å². The van der Waals surface area contributed by atoms with E-state index in [0.717, 1.165) is 6.07 Å². The number of aromatic hydroxyl groups is 1. The summed E-state index contributed by atoms with van der Waals surface area (Å²) in [7, 11) is 0. The summed E-state index contributed by atoms with van der Waals surface area (Å²) in [6.45, 7) is -0.631. The summed E-state index contributed by atoms with van der Waals surface area (Å²) in [6.07, 6.45) is -7.57. The lowest BCUT2D eigenvalue weighted by Crippen LogP contribution is -2.60. The molecule has 0 bridgehead atoms. The minimum Gasteiger partial charge on any atom is -0.508 e. The molecule has 0 unspecified atom stereocenters. The maximum absolute atomic E-state index is 12.8. The first-order chi connectivity index (χ1) is 14.4. The van der Waals surface area contributed by atoms with Crippen LogP contribution >= 0.6 is 0 Å². The molecule has 9 heteroatoms. The van der Waals surface area contributed by atoms with Crippen molar-refractivity contribution in [3.8, 4) is 22.8 Å². The van der Waals surface area contributed by atoms with E-state index >= 15 is 0 Å². The second kappa shape index (κ2) is 8.05. The molecule has 5 N–H and O–H groups in total. The molecular formula is C21H20O9. The number of hydrogen-bond donors (Lipinski definition) is 5. The number of aliphatic hydroxyl groups is 4. The summed E-state index contributed by atoms with van der Waals surface area (Å²) in [5.41, 5.74) is 0.242. The fourth-order valence-electron chi connectivity index (χ4n) is 3.37. The number of phenolic OH excluding ortho intramolecular Hbond substituents is 1. The van der Waals surface area contributed by atoms with E-state index in [9.17, 15) is 30.3 Å². The van der Waals surface area contributed by atoms with Crippen LogP contribution in [0.2, 0.25) is 0 Å².